The van der Waals surface area contributed by atoms with Crippen molar-refractivity contribution >= 4 is 15.9 Å². The lowest BCUT2D eigenvalue weighted by atomic mass is 9.83. The Bertz CT molecular complexity index is 791. The molecule has 3 fully saturated rings. The summed E-state index contributed by atoms with van der Waals surface area (Å²) < 4.78 is 27.7. The Morgan fingerprint density at radius 2 is 1.67 bits per heavy atom. The second-order valence-corrected chi connectivity index (χ2v) is 10.2. The van der Waals surface area contributed by atoms with E-state index in [4.69, 9.17) is 0 Å². The van der Waals surface area contributed by atoms with Crippen LogP contribution < -0.4 is 4.72 Å². The molecule has 6 heteroatoms. The number of benzene rings is 1. The molecule has 1 aromatic rings. The summed E-state index contributed by atoms with van der Waals surface area (Å²) in [4.78, 5) is 15.6. The van der Waals surface area contributed by atoms with Crippen LogP contribution in [0.15, 0.2) is 29.2 Å². The van der Waals surface area contributed by atoms with Crippen LogP contribution in [0, 0.1) is 5.92 Å². The molecule has 1 N–H and O–H groups in total. The van der Waals surface area contributed by atoms with E-state index >= 15 is 0 Å². The molecule has 1 amide bonds. The van der Waals surface area contributed by atoms with Gasteiger partial charge in [-0.3, -0.25) is 4.79 Å². The van der Waals surface area contributed by atoms with E-state index in [9.17, 15) is 13.2 Å². The lowest BCUT2D eigenvalue weighted by Gasteiger charge is -2.37. The van der Waals surface area contributed by atoms with E-state index in [-0.39, 0.29) is 16.8 Å². The summed E-state index contributed by atoms with van der Waals surface area (Å²) >= 11 is 0. The molecule has 4 rings (SSSR count). The van der Waals surface area contributed by atoms with Gasteiger partial charge in [0, 0.05) is 23.7 Å². The van der Waals surface area contributed by atoms with Crippen LogP contribution in [0.25, 0.3) is 0 Å². The van der Waals surface area contributed by atoms with Crippen molar-refractivity contribution in [3.05, 3.63) is 29.8 Å². The predicted octanol–water partition coefficient (Wildman–Crippen LogP) is 3.70. The van der Waals surface area contributed by atoms with Crippen LogP contribution in [0.4, 0.5) is 0 Å². The monoisotopic (exact) mass is 390 g/mol. The molecule has 1 aromatic carbocycles. The molecule has 0 radical (unpaired) electrons. The van der Waals surface area contributed by atoms with E-state index in [1.165, 1.54) is 19.3 Å². The van der Waals surface area contributed by atoms with Crippen LogP contribution in [-0.4, -0.2) is 37.4 Å². The van der Waals surface area contributed by atoms with Gasteiger partial charge in [-0.1, -0.05) is 19.4 Å². The Labute approximate surface area is 162 Å². The number of rotatable bonds is 7. The lowest BCUT2D eigenvalue weighted by molar-refractivity contribution is 0.0587. The van der Waals surface area contributed by atoms with Crippen molar-refractivity contribution in [3.63, 3.8) is 0 Å². The highest BCUT2D eigenvalue weighted by atomic mass is 32.2. The van der Waals surface area contributed by atoms with E-state index in [1.807, 2.05) is 0 Å². The SMILES string of the molecule is CCC1CCC(N(C(=O)c2cccc(S(=O)(=O)NC3CC3)c2)C2CC2)CC1. The van der Waals surface area contributed by atoms with Gasteiger partial charge >= 0.3 is 0 Å². The quantitative estimate of drug-likeness (QED) is 0.772. The summed E-state index contributed by atoms with van der Waals surface area (Å²) in [6.45, 7) is 2.25. The van der Waals surface area contributed by atoms with Crippen LogP contribution in [0.1, 0.15) is 75.1 Å². The van der Waals surface area contributed by atoms with Crippen LogP contribution in [0.3, 0.4) is 0 Å². The number of hydrogen-bond donors (Lipinski definition) is 1. The van der Waals surface area contributed by atoms with Crippen LogP contribution in [0.5, 0.6) is 0 Å². The fourth-order valence-electron chi connectivity index (χ4n) is 4.25. The third-order valence-electron chi connectivity index (χ3n) is 6.25. The van der Waals surface area contributed by atoms with Gasteiger partial charge in [-0.05, 0) is 75.5 Å². The number of carbonyl (C=O) groups excluding carboxylic acids is 1. The van der Waals surface area contributed by atoms with Crippen molar-refractivity contribution in [2.75, 3.05) is 0 Å². The summed E-state index contributed by atoms with van der Waals surface area (Å²) in [7, 11) is -3.54. The van der Waals surface area contributed by atoms with Crippen LogP contribution >= 0.6 is 0 Å². The fourth-order valence-corrected chi connectivity index (χ4v) is 5.60. The van der Waals surface area contributed by atoms with Gasteiger partial charge in [-0.25, -0.2) is 13.1 Å². The van der Waals surface area contributed by atoms with Gasteiger partial charge in [0.05, 0.1) is 4.90 Å². The van der Waals surface area contributed by atoms with Crippen molar-refractivity contribution in [3.8, 4) is 0 Å². The highest BCUT2D eigenvalue weighted by molar-refractivity contribution is 7.89. The first-order valence-corrected chi connectivity index (χ1v) is 11.9. The van der Waals surface area contributed by atoms with Gasteiger partial charge in [0.15, 0.2) is 0 Å². The predicted molar refractivity (Wildman–Crippen MR) is 105 cm³/mol. The van der Waals surface area contributed by atoms with Gasteiger partial charge in [0.2, 0.25) is 10.0 Å². The van der Waals surface area contributed by atoms with Crippen LogP contribution in [0.2, 0.25) is 0 Å². The zero-order valence-corrected chi connectivity index (χ0v) is 16.9. The lowest BCUT2D eigenvalue weighted by Crippen LogP contribution is -2.44. The van der Waals surface area contributed by atoms with Gasteiger partial charge in [0.1, 0.15) is 0 Å². The molecule has 0 aromatic heterocycles. The minimum atomic E-state index is -3.54. The van der Waals surface area contributed by atoms with Gasteiger partial charge in [-0.15, -0.1) is 0 Å². The highest BCUT2D eigenvalue weighted by Gasteiger charge is 2.39. The zero-order chi connectivity index (χ0) is 19.0. The molecular weight excluding hydrogens is 360 g/mol. The maximum atomic E-state index is 13.3. The fraction of sp³-hybridized carbons (Fsp3) is 0.667. The Hall–Kier alpha value is -1.40. The van der Waals surface area contributed by atoms with Crippen molar-refractivity contribution in [2.45, 2.75) is 87.7 Å². The first-order chi connectivity index (χ1) is 13.0. The van der Waals surface area contributed by atoms with Gasteiger partial charge in [-0.2, -0.15) is 0 Å². The normalized spacial score (nSPS) is 26.0. The Morgan fingerprint density at radius 1 is 1.04 bits per heavy atom. The second kappa shape index (κ2) is 7.55. The van der Waals surface area contributed by atoms with Crippen molar-refractivity contribution < 1.29 is 13.2 Å². The molecule has 0 spiro atoms. The molecule has 148 valence electrons. The molecule has 0 atom stereocenters. The number of sulfonamides is 1. The van der Waals surface area contributed by atoms with Gasteiger partial charge < -0.3 is 4.90 Å². The molecule has 0 saturated heterocycles. The largest absolute Gasteiger partial charge is 0.333 e. The molecule has 27 heavy (non-hydrogen) atoms. The van der Waals surface area contributed by atoms with Crippen molar-refractivity contribution in [2.24, 2.45) is 5.92 Å². The number of hydrogen-bond acceptors (Lipinski definition) is 3. The Kier molecular flexibility index (Phi) is 5.30. The summed E-state index contributed by atoms with van der Waals surface area (Å²) in [5.74, 6) is 0.792. The average Bonchev–Trinajstić information content (AvgIpc) is 3.59. The molecule has 3 aliphatic carbocycles. The van der Waals surface area contributed by atoms with Crippen LogP contribution in [-0.2, 0) is 10.0 Å². The molecule has 5 nitrogen and oxygen atoms in total. The maximum absolute atomic E-state index is 13.3. The van der Waals surface area contributed by atoms with Crippen molar-refractivity contribution in [1.82, 2.24) is 9.62 Å². The average molecular weight is 391 g/mol. The summed E-state index contributed by atoms with van der Waals surface area (Å²) in [6, 6.07) is 7.28. The molecule has 0 unspecified atom stereocenters. The summed E-state index contributed by atoms with van der Waals surface area (Å²) in [5, 5.41) is 0. The van der Waals surface area contributed by atoms with E-state index in [0.29, 0.717) is 17.6 Å². The first kappa shape index (κ1) is 18.9. The summed E-state index contributed by atoms with van der Waals surface area (Å²) in [6.07, 6.45) is 9.68. The minimum absolute atomic E-state index is 0.000852. The maximum Gasteiger partial charge on any atom is 0.254 e. The number of nitrogens with one attached hydrogen (secondary N) is 1. The van der Waals surface area contributed by atoms with Gasteiger partial charge in [0.25, 0.3) is 5.91 Å². The molecule has 0 bridgehead atoms. The third kappa shape index (κ3) is 4.37. The smallest absolute Gasteiger partial charge is 0.254 e. The zero-order valence-electron chi connectivity index (χ0n) is 16.1. The molecule has 0 aliphatic heterocycles. The molecular formula is C21H30N2O3S. The number of nitrogens with zero attached hydrogens (tertiary/aromatic N) is 1. The molecule has 3 aliphatic rings. The standard InChI is InChI=1S/C21H30N2O3S/c1-2-15-6-10-18(11-7-15)23(19-12-13-19)21(24)16-4-3-5-20(14-16)27(25,26)22-17-8-9-17/h3-5,14-15,17-19,22H,2,6-13H2,1H3. The summed E-state index contributed by atoms with van der Waals surface area (Å²) in [5.41, 5.74) is 0.498. The van der Waals surface area contributed by atoms with E-state index in [0.717, 1.165) is 44.4 Å². The highest BCUT2D eigenvalue weighted by Crippen LogP contribution is 2.37. The van der Waals surface area contributed by atoms with E-state index in [1.54, 1.807) is 24.3 Å². The Morgan fingerprint density at radius 3 is 2.22 bits per heavy atom. The first-order valence-electron chi connectivity index (χ1n) is 10.4. The molecule has 0 heterocycles. The topological polar surface area (TPSA) is 66.5 Å². The van der Waals surface area contributed by atoms with Crippen molar-refractivity contribution in [1.29, 1.82) is 0 Å². The Balaban J connectivity index is 1.52. The minimum Gasteiger partial charge on any atom is -0.333 e. The third-order valence-corrected chi connectivity index (χ3v) is 7.77. The number of amides is 1. The molecule has 3 saturated carbocycles. The second-order valence-electron chi connectivity index (χ2n) is 8.45. The number of carbonyl (C=O) groups is 1. The van der Waals surface area contributed by atoms with E-state index < -0.39 is 10.0 Å². The van der Waals surface area contributed by atoms with E-state index in [2.05, 4.69) is 16.5 Å².